The molecule has 0 aromatic heterocycles. The van der Waals surface area contributed by atoms with Crippen molar-refractivity contribution in [3.63, 3.8) is 0 Å². The predicted molar refractivity (Wildman–Crippen MR) is 110 cm³/mol. The molecule has 0 N–H and O–H groups in total. The summed E-state index contributed by atoms with van der Waals surface area (Å²) in [6, 6.07) is 17.8. The minimum absolute atomic E-state index is 0.0396. The topological polar surface area (TPSA) is 40.6 Å². The molecule has 1 fully saturated rings. The molecule has 27 heavy (non-hydrogen) atoms. The SMILES string of the molecule is CCCCN(C(=O)C1CC(=O)N(c2ccccc2CC)C1)c1ccccc1. The molecular weight excluding hydrogens is 336 g/mol. The molecule has 1 heterocycles. The van der Waals surface area contributed by atoms with Crippen molar-refractivity contribution in [1.29, 1.82) is 0 Å². The maximum absolute atomic E-state index is 13.3. The molecule has 142 valence electrons. The monoisotopic (exact) mass is 364 g/mol. The van der Waals surface area contributed by atoms with Gasteiger partial charge in [-0.1, -0.05) is 56.7 Å². The van der Waals surface area contributed by atoms with Gasteiger partial charge in [-0.15, -0.1) is 0 Å². The Morgan fingerprint density at radius 3 is 2.48 bits per heavy atom. The summed E-state index contributed by atoms with van der Waals surface area (Å²) in [6.45, 7) is 5.36. The first kappa shape index (κ1) is 19.2. The van der Waals surface area contributed by atoms with E-state index in [1.165, 1.54) is 0 Å². The zero-order valence-corrected chi connectivity index (χ0v) is 16.2. The van der Waals surface area contributed by atoms with Crippen LogP contribution < -0.4 is 9.80 Å². The second-order valence-corrected chi connectivity index (χ2v) is 7.07. The Morgan fingerprint density at radius 1 is 1.07 bits per heavy atom. The van der Waals surface area contributed by atoms with Crippen molar-refractivity contribution in [2.24, 2.45) is 5.92 Å². The van der Waals surface area contributed by atoms with Gasteiger partial charge in [-0.3, -0.25) is 9.59 Å². The number of aryl methyl sites for hydroxylation is 1. The maximum Gasteiger partial charge on any atom is 0.232 e. The van der Waals surface area contributed by atoms with E-state index in [2.05, 4.69) is 19.9 Å². The summed E-state index contributed by atoms with van der Waals surface area (Å²) in [5.41, 5.74) is 3.00. The van der Waals surface area contributed by atoms with Crippen molar-refractivity contribution in [2.45, 2.75) is 39.5 Å². The fourth-order valence-electron chi connectivity index (χ4n) is 3.69. The molecule has 2 amide bonds. The highest BCUT2D eigenvalue weighted by atomic mass is 16.2. The van der Waals surface area contributed by atoms with E-state index in [4.69, 9.17) is 0 Å². The number of unbranched alkanes of at least 4 members (excludes halogenated alkanes) is 1. The van der Waals surface area contributed by atoms with E-state index < -0.39 is 0 Å². The van der Waals surface area contributed by atoms with Gasteiger partial charge in [0.15, 0.2) is 0 Å². The van der Waals surface area contributed by atoms with Crippen LogP contribution in [-0.4, -0.2) is 24.9 Å². The Balaban J connectivity index is 1.81. The number of hydrogen-bond donors (Lipinski definition) is 0. The van der Waals surface area contributed by atoms with Crippen molar-refractivity contribution < 1.29 is 9.59 Å². The molecule has 3 rings (SSSR count). The third kappa shape index (κ3) is 4.21. The van der Waals surface area contributed by atoms with Gasteiger partial charge in [0, 0.05) is 30.9 Å². The van der Waals surface area contributed by atoms with Crippen molar-refractivity contribution in [1.82, 2.24) is 0 Å². The molecule has 4 heteroatoms. The highest BCUT2D eigenvalue weighted by molar-refractivity contribution is 6.04. The van der Waals surface area contributed by atoms with Crippen LogP contribution in [0.2, 0.25) is 0 Å². The fourth-order valence-corrected chi connectivity index (χ4v) is 3.69. The third-order valence-electron chi connectivity index (χ3n) is 5.21. The highest BCUT2D eigenvalue weighted by Crippen LogP contribution is 2.30. The number of carbonyl (C=O) groups is 2. The molecule has 0 saturated carbocycles. The molecule has 0 spiro atoms. The predicted octanol–water partition coefficient (Wildman–Crippen LogP) is 4.44. The van der Waals surface area contributed by atoms with Crippen LogP contribution in [0.1, 0.15) is 38.7 Å². The molecular formula is C23H28N2O2. The van der Waals surface area contributed by atoms with Gasteiger partial charge in [0.1, 0.15) is 0 Å². The molecule has 0 radical (unpaired) electrons. The number of benzene rings is 2. The number of anilines is 2. The lowest BCUT2D eigenvalue weighted by Crippen LogP contribution is -2.38. The fraction of sp³-hybridized carbons (Fsp3) is 0.391. The Morgan fingerprint density at radius 2 is 1.78 bits per heavy atom. The van der Waals surface area contributed by atoms with Gasteiger partial charge in [-0.2, -0.15) is 0 Å². The summed E-state index contributed by atoms with van der Waals surface area (Å²) in [7, 11) is 0. The lowest BCUT2D eigenvalue weighted by molar-refractivity contribution is -0.124. The van der Waals surface area contributed by atoms with E-state index in [-0.39, 0.29) is 24.2 Å². The minimum Gasteiger partial charge on any atom is -0.312 e. The maximum atomic E-state index is 13.3. The second kappa shape index (κ2) is 8.85. The Hall–Kier alpha value is -2.62. The lowest BCUT2D eigenvalue weighted by Gasteiger charge is -2.26. The van der Waals surface area contributed by atoms with Crippen LogP contribution in [-0.2, 0) is 16.0 Å². The van der Waals surface area contributed by atoms with Crippen molar-refractivity contribution in [2.75, 3.05) is 22.9 Å². The van der Waals surface area contributed by atoms with Crippen LogP contribution in [0.25, 0.3) is 0 Å². The normalized spacial score (nSPS) is 16.6. The van der Waals surface area contributed by atoms with Crippen LogP contribution in [0.15, 0.2) is 54.6 Å². The van der Waals surface area contributed by atoms with Gasteiger partial charge in [-0.05, 0) is 36.6 Å². The average molecular weight is 364 g/mol. The molecule has 2 aromatic carbocycles. The molecule has 4 nitrogen and oxygen atoms in total. The van der Waals surface area contributed by atoms with Crippen molar-refractivity contribution in [3.8, 4) is 0 Å². The zero-order valence-electron chi connectivity index (χ0n) is 16.2. The number of rotatable bonds is 7. The first-order chi connectivity index (χ1) is 13.2. The summed E-state index contributed by atoms with van der Waals surface area (Å²) in [5.74, 6) is -0.197. The van der Waals surface area contributed by atoms with E-state index in [0.29, 0.717) is 13.1 Å². The summed E-state index contributed by atoms with van der Waals surface area (Å²) in [5, 5.41) is 0. The summed E-state index contributed by atoms with van der Waals surface area (Å²) < 4.78 is 0. The van der Waals surface area contributed by atoms with Gasteiger partial charge in [0.25, 0.3) is 0 Å². The van der Waals surface area contributed by atoms with E-state index in [1.54, 1.807) is 4.90 Å². The number of amides is 2. The van der Waals surface area contributed by atoms with Gasteiger partial charge < -0.3 is 9.80 Å². The third-order valence-corrected chi connectivity index (χ3v) is 5.21. The Kier molecular flexibility index (Phi) is 6.28. The summed E-state index contributed by atoms with van der Waals surface area (Å²) >= 11 is 0. The zero-order chi connectivity index (χ0) is 19.2. The van der Waals surface area contributed by atoms with Gasteiger partial charge in [0.05, 0.1) is 5.92 Å². The standard InChI is InChI=1S/C23H28N2O2/c1-3-5-15-24(20-12-7-6-8-13-20)23(27)19-16-22(26)25(17-19)21-14-10-9-11-18(21)4-2/h6-14,19H,3-5,15-17H2,1-2H3. The second-order valence-electron chi connectivity index (χ2n) is 7.07. The number of para-hydroxylation sites is 2. The van der Waals surface area contributed by atoms with E-state index in [9.17, 15) is 9.59 Å². The van der Waals surface area contributed by atoms with Gasteiger partial charge in [-0.25, -0.2) is 0 Å². The Labute approximate surface area is 161 Å². The van der Waals surface area contributed by atoms with Gasteiger partial charge in [0.2, 0.25) is 11.8 Å². The van der Waals surface area contributed by atoms with Crippen molar-refractivity contribution >= 4 is 23.2 Å². The van der Waals surface area contributed by atoms with Crippen LogP contribution >= 0.6 is 0 Å². The first-order valence-corrected chi connectivity index (χ1v) is 9.90. The number of carbonyl (C=O) groups excluding carboxylic acids is 2. The van der Waals surface area contributed by atoms with E-state index in [0.717, 1.165) is 36.2 Å². The molecule has 1 unspecified atom stereocenters. The molecule has 1 aliphatic heterocycles. The summed E-state index contributed by atoms with van der Waals surface area (Å²) in [6.07, 6.45) is 3.12. The molecule has 2 aromatic rings. The smallest absolute Gasteiger partial charge is 0.232 e. The number of hydrogen-bond acceptors (Lipinski definition) is 2. The van der Waals surface area contributed by atoms with Crippen molar-refractivity contribution in [3.05, 3.63) is 60.2 Å². The van der Waals surface area contributed by atoms with Crippen LogP contribution in [0, 0.1) is 5.92 Å². The van der Waals surface area contributed by atoms with Gasteiger partial charge >= 0.3 is 0 Å². The number of nitrogens with zero attached hydrogens (tertiary/aromatic N) is 2. The lowest BCUT2D eigenvalue weighted by atomic mass is 10.1. The first-order valence-electron chi connectivity index (χ1n) is 9.90. The minimum atomic E-state index is -0.292. The molecule has 0 aliphatic carbocycles. The van der Waals surface area contributed by atoms with Crippen LogP contribution in [0.5, 0.6) is 0 Å². The van der Waals surface area contributed by atoms with Crippen LogP contribution in [0.4, 0.5) is 11.4 Å². The largest absolute Gasteiger partial charge is 0.312 e. The molecule has 1 saturated heterocycles. The average Bonchev–Trinajstić information content (AvgIpc) is 3.10. The van der Waals surface area contributed by atoms with E-state index in [1.807, 2.05) is 53.4 Å². The highest BCUT2D eigenvalue weighted by Gasteiger charge is 2.38. The van der Waals surface area contributed by atoms with Crippen LogP contribution in [0.3, 0.4) is 0 Å². The molecule has 1 atom stereocenters. The molecule has 1 aliphatic rings. The quantitative estimate of drug-likeness (QED) is 0.729. The molecule has 0 bridgehead atoms. The van der Waals surface area contributed by atoms with E-state index >= 15 is 0 Å². The summed E-state index contributed by atoms with van der Waals surface area (Å²) in [4.78, 5) is 29.6. The Bertz CT molecular complexity index is 788.